The monoisotopic (exact) mass is 229 g/mol. The molecule has 0 aromatic carbocycles. The van der Waals surface area contributed by atoms with E-state index in [-0.39, 0.29) is 17.8 Å². The third-order valence-electron chi connectivity index (χ3n) is 2.77. The summed E-state index contributed by atoms with van der Waals surface area (Å²) in [6, 6.07) is -0.236. The minimum Gasteiger partial charge on any atom is -0.409 e. The standard InChI is InChI=1S/C10H19N3O3/c1-16-7-3-5-9(14)13-6-2-4-8(13)10(11)12-15/h8,15H,2-7H2,1H3,(H2,11,12). The quantitative estimate of drug-likeness (QED) is 0.231. The first kappa shape index (κ1) is 12.8. The summed E-state index contributed by atoms with van der Waals surface area (Å²) in [5, 5.41) is 11.6. The van der Waals surface area contributed by atoms with E-state index in [0.29, 0.717) is 26.0 Å². The zero-order valence-electron chi connectivity index (χ0n) is 9.56. The molecule has 0 radical (unpaired) electrons. The van der Waals surface area contributed by atoms with Crippen LogP contribution in [0.3, 0.4) is 0 Å². The number of rotatable bonds is 5. The Bertz CT molecular complexity index is 268. The van der Waals surface area contributed by atoms with Crippen LogP contribution < -0.4 is 5.73 Å². The molecular formula is C10H19N3O3. The molecule has 6 nitrogen and oxygen atoms in total. The van der Waals surface area contributed by atoms with Crippen molar-refractivity contribution in [3.63, 3.8) is 0 Å². The molecule has 0 saturated carbocycles. The Balaban J connectivity index is 2.48. The van der Waals surface area contributed by atoms with Crippen molar-refractivity contribution in [1.29, 1.82) is 0 Å². The summed E-state index contributed by atoms with van der Waals surface area (Å²) in [6.45, 7) is 1.26. The number of likely N-dealkylation sites (tertiary alicyclic amines) is 1. The molecule has 3 N–H and O–H groups in total. The molecule has 0 aliphatic carbocycles. The lowest BCUT2D eigenvalue weighted by Gasteiger charge is -2.23. The first-order valence-corrected chi connectivity index (χ1v) is 5.46. The van der Waals surface area contributed by atoms with Crippen LogP contribution in [0.2, 0.25) is 0 Å². The minimum atomic E-state index is -0.236. The number of carbonyl (C=O) groups excluding carboxylic acids is 1. The minimum absolute atomic E-state index is 0.0474. The molecule has 0 bridgehead atoms. The number of amidine groups is 1. The highest BCUT2D eigenvalue weighted by molar-refractivity contribution is 5.90. The van der Waals surface area contributed by atoms with E-state index in [1.165, 1.54) is 0 Å². The molecule has 92 valence electrons. The van der Waals surface area contributed by atoms with Gasteiger partial charge < -0.3 is 20.6 Å². The Morgan fingerprint density at radius 1 is 1.69 bits per heavy atom. The largest absolute Gasteiger partial charge is 0.409 e. The Morgan fingerprint density at radius 2 is 2.44 bits per heavy atom. The predicted molar refractivity (Wildman–Crippen MR) is 59.3 cm³/mol. The third kappa shape index (κ3) is 3.10. The van der Waals surface area contributed by atoms with Crippen LogP contribution in [0.1, 0.15) is 25.7 Å². The second-order valence-electron chi connectivity index (χ2n) is 3.87. The maximum Gasteiger partial charge on any atom is 0.223 e. The number of hydrogen-bond acceptors (Lipinski definition) is 4. The first-order chi connectivity index (χ1) is 7.70. The highest BCUT2D eigenvalue weighted by Gasteiger charge is 2.31. The molecule has 1 fully saturated rings. The molecular weight excluding hydrogens is 210 g/mol. The van der Waals surface area contributed by atoms with Crippen LogP contribution in [0.4, 0.5) is 0 Å². The molecule has 1 aliphatic rings. The lowest BCUT2D eigenvalue weighted by atomic mass is 10.2. The molecule has 16 heavy (non-hydrogen) atoms. The summed E-state index contributed by atoms with van der Waals surface area (Å²) < 4.78 is 4.89. The summed E-state index contributed by atoms with van der Waals surface area (Å²) >= 11 is 0. The van der Waals surface area contributed by atoms with Gasteiger partial charge in [-0.3, -0.25) is 4.79 Å². The molecule has 1 saturated heterocycles. The van der Waals surface area contributed by atoms with E-state index in [4.69, 9.17) is 15.7 Å². The van der Waals surface area contributed by atoms with Gasteiger partial charge in [0.25, 0.3) is 0 Å². The van der Waals surface area contributed by atoms with Crippen molar-refractivity contribution >= 4 is 11.7 Å². The zero-order chi connectivity index (χ0) is 12.0. The van der Waals surface area contributed by atoms with Crippen LogP contribution in [0, 0.1) is 0 Å². The van der Waals surface area contributed by atoms with Crippen molar-refractivity contribution in [3.05, 3.63) is 0 Å². The van der Waals surface area contributed by atoms with Gasteiger partial charge in [-0.15, -0.1) is 0 Å². The summed E-state index contributed by atoms with van der Waals surface area (Å²) in [6.07, 6.45) is 2.82. The molecule has 1 aliphatic heterocycles. The van der Waals surface area contributed by atoms with Crippen molar-refractivity contribution in [1.82, 2.24) is 4.90 Å². The maximum absolute atomic E-state index is 11.8. The van der Waals surface area contributed by atoms with Gasteiger partial charge in [-0.25, -0.2) is 0 Å². The van der Waals surface area contributed by atoms with E-state index in [2.05, 4.69) is 5.16 Å². The number of methoxy groups -OCH3 is 1. The van der Waals surface area contributed by atoms with Crippen molar-refractivity contribution < 1.29 is 14.7 Å². The van der Waals surface area contributed by atoms with Gasteiger partial charge in [0, 0.05) is 26.7 Å². The first-order valence-electron chi connectivity index (χ1n) is 5.46. The van der Waals surface area contributed by atoms with Crippen molar-refractivity contribution in [3.8, 4) is 0 Å². The summed E-state index contributed by atoms with van der Waals surface area (Å²) in [4.78, 5) is 13.5. The van der Waals surface area contributed by atoms with Gasteiger partial charge in [-0.2, -0.15) is 0 Å². The highest BCUT2D eigenvalue weighted by atomic mass is 16.5. The van der Waals surface area contributed by atoms with E-state index in [0.717, 1.165) is 12.8 Å². The van der Waals surface area contributed by atoms with Crippen molar-refractivity contribution in [2.24, 2.45) is 10.9 Å². The predicted octanol–water partition coefficient (Wildman–Crippen LogP) is 0.150. The van der Waals surface area contributed by atoms with Gasteiger partial charge in [0.2, 0.25) is 5.91 Å². The molecule has 1 amide bonds. The Morgan fingerprint density at radius 3 is 3.06 bits per heavy atom. The van der Waals surface area contributed by atoms with Crippen LogP contribution in [0.25, 0.3) is 0 Å². The number of nitrogens with zero attached hydrogens (tertiary/aromatic N) is 2. The number of nitrogens with two attached hydrogens (primary N) is 1. The third-order valence-corrected chi connectivity index (χ3v) is 2.77. The van der Waals surface area contributed by atoms with E-state index in [1.807, 2.05) is 0 Å². The number of amides is 1. The summed E-state index contributed by atoms with van der Waals surface area (Å²) in [5.74, 6) is 0.170. The molecule has 1 rings (SSSR count). The van der Waals surface area contributed by atoms with Crippen LogP contribution in [-0.2, 0) is 9.53 Å². The van der Waals surface area contributed by atoms with Crippen LogP contribution >= 0.6 is 0 Å². The van der Waals surface area contributed by atoms with Crippen LogP contribution in [0.5, 0.6) is 0 Å². The fraction of sp³-hybridized carbons (Fsp3) is 0.800. The molecule has 1 unspecified atom stereocenters. The molecule has 6 heteroatoms. The average Bonchev–Trinajstić information content (AvgIpc) is 2.77. The molecule has 1 atom stereocenters. The zero-order valence-corrected chi connectivity index (χ0v) is 9.56. The fourth-order valence-corrected chi connectivity index (χ4v) is 1.95. The summed E-state index contributed by atoms with van der Waals surface area (Å²) in [5.41, 5.74) is 5.54. The Kier molecular flexibility index (Phi) is 5.04. The number of oxime groups is 1. The van der Waals surface area contributed by atoms with Crippen LogP contribution in [0.15, 0.2) is 5.16 Å². The number of carbonyl (C=O) groups is 1. The lowest BCUT2D eigenvalue weighted by Crippen LogP contribution is -2.43. The topological polar surface area (TPSA) is 88.2 Å². The average molecular weight is 229 g/mol. The SMILES string of the molecule is COCCCC(=O)N1CCCC1C(N)=NO. The normalized spacial score (nSPS) is 21.4. The van der Waals surface area contributed by atoms with Crippen LogP contribution in [-0.4, -0.2) is 48.2 Å². The van der Waals surface area contributed by atoms with E-state index < -0.39 is 0 Å². The van der Waals surface area contributed by atoms with Gasteiger partial charge in [0.15, 0.2) is 5.84 Å². The highest BCUT2D eigenvalue weighted by Crippen LogP contribution is 2.18. The van der Waals surface area contributed by atoms with Gasteiger partial charge in [-0.1, -0.05) is 5.16 Å². The van der Waals surface area contributed by atoms with Gasteiger partial charge in [0.1, 0.15) is 0 Å². The second-order valence-corrected chi connectivity index (χ2v) is 3.87. The molecule has 1 heterocycles. The molecule has 0 spiro atoms. The van der Waals surface area contributed by atoms with Crippen molar-refractivity contribution in [2.75, 3.05) is 20.3 Å². The molecule has 0 aromatic rings. The molecule has 0 aromatic heterocycles. The Labute approximate surface area is 95.0 Å². The van der Waals surface area contributed by atoms with Gasteiger partial charge in [0.05, 0.1) is 6.04 Å². The smallest absolute Gasteiger partial charge is 0.223 e. The van der Waals surface area contributed by atoms with Gasteiger partial charge >= 0.3 is 0 Å². The maximum atomic E-state index is 11.8. The van der Waals surface area contributed by atoms with E-state index in [1.54, 1.807) is 12.0 Å². The second kappa shape index (κ2) is 6.32. The van der Waals surface area contributed by atoms with E-state index >= 15 is 0 Å². The fourth-order valence-electron chi connectivity index (χ4n) is 1.95. The van der Waals surface area contributed by atoms with E-state index in [9.17, 15) is 4.79 Å². The summed E-state index contributed by atoms with van der Waals surface area (Å²) in [7, 11) is 1.61. The number of hydrogen-bond donors (Lipinski definition) is 2. The van der Waals surface area contributed by atoms with Crippen molar-refractivity contribution in [2.45, 2.75) is 31.7 Å². The number of ether oxygens (including phenoxy) is 1. The lowest BCUT2D eigenvalue weighted by molar-refractivity contribution is -0.131. The Hall–Kier alpha value is -1.30. The van der Waals surface area contributed by atoms with Gasteiger partial charge in [-0.05, 0) is 19.3 Å².